The SMILES string of the molecule is c1cnc(N2CC3(C2)OCCC3CCOc2cccnc2)nc1. The minimum absolute atomic E-state index is 0.0441. The number of rotatable bonds is 5. The van der Waals surface area contributed by atoms with E-state index in [1.807, 2.05) is 18.2 Å². The van der Waals surface area contributed by atoms with E-state index in [1.54, 1.807) is 24.8 Å². The number of pyridine rings is 1. The number of hydrogen-bond donors (Lipinski definition) is 0. The number of ether oxygens (including phenoxy) is 2. The van der Waals surface area contributed by atoms with Crippen molar-refractivity contribution >= 4 is 5.95 Å². The molecule has 1 atom stereocenters. The van der Waals surface area contributed by atoms with E-state index in [9.17, 15) is 0 Å². The average Bonchev–Trinajstić information content (AvgIpc) is 2.99. The molecule has 0 amide bonds. The van der Waals surface area contributed by atoms with Gasteiger partial charge in [-0.3, -0.25) is 4.98 Å². The van der Waals surface area contributed by atoms with Gasteiger partial charge in [-0.15, -0.1) is 0 Å². The van der Waals surface area contributed by atoms with Crippen molar-refractivity contribution < 1.29 is 9.47 Å². The monoisotopic (exact) mass is 312 g/mol. The third kappa shape index (κ3) is 2.86. The highest BCUT2D eigenvalue weighted by molar-refractivity contribution is 5.37. The van der Waals surface area contributed by atoms with Crippen molar-refractivity contribution in [3.05, 3.63) is 43.0 Å². The second kappa shape index (κ2) is 6.12. The van der Waals surface area contributed by atoms with Crippen LogP contribution in [-0.4, -0.2) is 46.9 Å². The third-order valence-corrected chi connectivity index (χ3v) is 4.72. The molecule has 120 valence electrons. The fourth-order valence-corrected chi connectivity index (χ4v) is 3.49. The van der Waals surface area contributed by atoms with Gasteiger partial charge in [-0.2, -0.15) is 0 Å². The van der Waals surface area contributed by atoms with Crippen molar-refractivity contribution in [1.29, 1.82) is 0 Å². The number of hydrogen-bond acceptors (Lipinski definition) is 6. The summed E-state index contributed by atoms with van der Waals surface area (Å²) < 4.78 is 11.9. The molecule has 2 aromatic rings. The molecule has 4 heterocycles. The molecule has 0 N–H and O–H groups in total. The van der Waals surface area contributed by atoms with Gasteiger partial charge in [-0.1, -0.05) is 0 Å². The highest BCUT2D eigenvalue weighted by Crippen LogP contribution is 2.42. The molecule has 0 aromatic carbocycles. The van der Waals surface area contributed by atoms with E-state index in [1.165, 1.54) is 0 Å². The standard InChI is InChI=1S/C17H20N4O2/c1-3-15(11-18-6-1)22-9-4-14-5-10-23-17(14)12-21(13-17)16-19-7-2-8-20-16/h1-3,6-8,11,14H,4-5,9-10,12-13H2. The molecule has 1 spiro atoms. The number of nitrogens with zero attached hydrogens (tertiary/aromatic N) is 4. The minimum atomic E-state index is -0.0441. The maximum atomic E-state index is 6.08. The molecule has 2 aliphatic rings. The molecule has 6 nitrogen and oxygen atoms in total. The van der Waals surface area contributed by atoms with Crippen LogP contribution in [0.15, 0.2) is 43.0 Å². The van der Waals surface area contributed by atoms with Crippen LogP contribution in [0, 0.1) is 5.92 Å². The van der Waals surface area contributed by atoms with Crippen LogP contribution in [0.25, 0.3) is 0 Å². The Balaban J connectivity index is 1.31. The lowest BCUT2D eigenvalue weighted by Gasteiger charge is -2.50. The lowest BCUT2D eigenvalue weighted by molar-refractivity contribution is -0.0481. The number of aromatic nitrogens is 3. The zero-order valence-electron chi connectivity index (χ0n) is 13.0. The first-order chi connectivity index (χ1) is 11.4. The predicted octanol–water partition coefficient (Wildman–Crippen LogP) is 1.94. The molecule has 2 fully saturated rings. The minimum Gasteiger partial charge on any atom is -0.492 e. The Labute approximate surface area is 135 Å². The Morgan fingerprint density at radius 1 is 1.22 bits per heavy atom. The summed E-state index contributed by atoms with van der Waals surface area (Å²) in [5.41, 5.74) is -0.0441. The van der Waals surface area contributed by atoms with Gasteiger partial charge in [-0.05, 0) is 37.0 Å². The third-order valence-electron chi connectivity index (χ3n) is 4.72. The molecule has 2 aliphatic heterocycles. The van der Waals surface area contributed by atoms with Crippen LogP contribution in [-0.2, 0) is 4.74 Å². The van der Waals surface area contributed by atoms with Crippen LogP contribution < -0.4 is 9.64 Å². The molecular formula is C17H20N4O2. The summed E-state index contributed by atoms with van der Waals surface area (Å²) in [7, 11) is 0. The van der Waals surface area contributed by atoms with Gasteiger partial charge >= 0.3 is 0 Å². The van der Waals surface area contributed by atoms with Crippen molar-refractivity contribution in [3.8, 4) is 5.75 Å². The molecule has 6 heteroatoms. The van der Waals surface area contributed by atoms with Crippen molar-refractivity contribution in [2.45, 2.75) is 18.4 Å². The van der Waals surface area contributed by atoms with Crippen molar-refractivity contribution in [1.82, 2.24) is 15.0 Å². The van der Waals surface area contributed by atoms with Gasteiger partial charge < -0.3 is 14.4 Å². The Kier molecular flexibility index (Phi) is 3.83. The van der Waals surface area contributed by atoms with Crippen LogP contribution in [0.1, 0.15) is 12.8 Å². The predicted molar refractivity (Wildman–Crippen MR) is 85.4 cm³/mol. The first kappa shape index (κ1) is 14.4. The van der Waals surface area contributed by atoms with E-state index in [-0.39, 0.29) is 5.60 Å². The van der Waals surface area contributed by atoms with Crippen molar-refractivity contribution in [3.63, 3.8) is 0 Å². The lowest BCUT2D eigenvalue weighted by Crippen LogP contribution is -2.65. The van der Waals surface area contributed by atoms with Gasteiger partial charge in [0, 0.05) is 25.2 Å². The summed E-state index contributed by atoms with van der Waals surface area (Å²) in [5, 5.41) is 0. The molecule has 2 aromatic heterocycles. The van der Waals surface area contributed by atoms with E-state index in [0.29, 0.717) is 12.5 Å². The van der Waals surface area contributed by atoms with Gasteiger partial charge in [0.1, 0.15) is 11.4 Å². The van der Waals surface area contributed by atoms with E-state index in [2.05, 4.69) is 19.9 Å². The Bertz CT molecular complexity index is 632. The fraction of sp³-hybridized carbons (Fsp3) is 0.471. The lowest BCUT2D eigenvalue weighted by atomic mass is 9.79. The van der Waals surface area contributed by atoms with Crippen LogP contribution in [0.2, 0.25) is 0 Å². The van der Waals surface area contributed by atoms with Gasteiger partial charge in [0.05, 0.1) is 25.9 Å². The van der Waals surface area contributed by atoms with Crippen LogP contribution >= 0.6 is 0 Å². The van der Waals surface area contributed by atoms with E-state index in [4.69, 9.17) is 9.47 Å². The second-order valence-electron chi connectivity index (χ2n) is 6.13. The molecule has 0 bridgehead atoms. The van der Waals surface area contributed by atoms with Gasteiger partial charge in [-0.25, -0.2) is 9.97 Å². The van der Waals surface area contributed by atoms with Crippen LogP contribution in [0.4, 0.5) is 5.95 Å². The highest BCUT2D eigenvalue weighted by Gasteiger charge is 2.53. The van der Waals surface area contributed by atoms with E-state index >= 15 is 0 Å². The molecule has 1 unspecified atom stereocenters. The summed E-state index contributed by atoms with van der Waals surface area (Å²) in [6.45, 7) is 3.27. The largest absolute Gasteiger partial charge is 0.492 e. The Morgan fingerprint density at radius 2 is 2.09 bits per heavy atom. The summed E-state index contributed by atoms with van der Waals surface area (Å²) >= 11 is 0. The Morgan fingerprint density at radius 3 is 2.87 bits per heavy atom. The maximum absolute atomic E-state index is 6.08. The molecular weight excluding hydrogens is 292 g/mol. The first-order valence-corrected chi connectivity index (χ1v) is 8.04. The highest BCUT2D eigenvalue weighted by atomic mass is 16.5. The topological polar surface area (TPSA) is 60.4 Å². The van der Waals surface area contributed by atoms with Gasteiger partial charge in [0.2, 0.25) is 5.95 Å². The summed E-state index contributed by atoms with van der Waals surface area (Å²) in [5.74, 6) is 2.14. The molecule has 23 heavy (non-hydrogen) atoms. The fourth-order valence-electron chi connectivity index (χ4n) is 3.49. The second-order valence-corrected chi connectivity index (χ2v) is 6.13. The Hall–Kier alpha value is -2.21. The summed E-state index contributed by atoms with van der Waals surface area (Å²) in [6, 6.07) is 5.66. The molecule has 0 saturated carbocycles. The number of anilines is 1. The first-order valence-electron chi connectivity index (χ1n) is 8.04. The molecule has 4 rings (SSSR count). The average molecular weight is 312 g/mol. The van der Waals surface area contributed by atoms with Gasteiger partial charge in [0.15, 0.2) is 0 Å². The smallest absolute Gasteiger partial charge is 0.225 e. The summed E-state index contributed by atoms with van der Waals surface area (Å²) in [4.78, 5) is 14.9. The van der Waals surface area contributed by atoms with Crippen LogP contribution in [0.5, 0.6) is 5.75 Å². The van der Waals surface area contributed by atoms with Gasteiger partial charge in [0.25, 0.3) is 0 Å². The quantitative estimate of drug-likeness (QED) is 0.841. The van der Waals surface area contributed by atoms with Crippen molar-refractivity contribution in [2.24, 2.45) is 5.92 Å². The normalized spacial score (nSPS) is 22.1. The maximum Gasteiger partial charge on any atom is 0.225 e. The molecule has 2 saturated heterocycles. The molecule has 0 aliphatic carbocycles. The van der Waals surface area contributed by atoms with Crippen LogP contribution in [0.3, 0.4) is 0 Å². The van der Waals surface area contributed by atoms with E-state index in [0.717, 1.165) is 44.2 Å². The van der Waals surface area contributed by atoms with Crippen molar-refractivity contribution in [2.75, 3.05) is 31.2 Å². The zero-order chi connectivity index (χ0) is 15.5. The molecule has 0 radical (unpaired) electrons. The zero-order valence-corrected chi connectivity index (χ0v) is 13.0. The van der Waals surface area contributed by atoms with E-state index < -0.39 is 0 Å². The summed E-state index contributed by atoms with van der Waals surface area (Å²) in [6.07, 6.45) is 9.16.